The third kappa shape index (κ3) is 4.54. The van der Waals surface area contributed by atoms with E-state index in [1.807, 2.05) is 44.2 Å². The first kappa shape index (κ1) is 23.1. The summed E-state index contributed by atoms with van der Waals surface area (Å²) in [5.41, 5.74) is 3.28. The summed E-state index contributed by atoms with van der Waals surface area (Å²) in [6, 6.07) is 16.9. The number of hydrogen-bond donors (Lipinski definition) is 0. The molecule has 2 aliphatic rings. The quantitative estimate of drug-likeness (QED) is 0.348. The number of pyridine rings is 1. The highest BCUT2D eigenvalue weighted by Gasteiger charge is 2.36. The maximum Gasteiger partial charge on any atom is 0.173 e. The lowest BCUT2D eigenvalue weighted by Gasteiger charge is -2.31. The van der Waals surface area contributed by atoms with E-state index in [0.29, 0.717) is 70.5 Å². The molecule has 5 rings (SSSR count). The Kier molecular flexibility index (Phi) is 6.08. The van der Waals surface area contributed by atoms with Crippen LogP contribution in [0.15, 0.2) is 53.6 Å². The van der Waals surface area contributed by atoms with E-state index in [9.17, 15) is 14.9 Å². The molecule has 3 aromatic rings. The number of ether oxygens (including phenoxy) is 2. The third-order valence-corrected chi connectivity index (χ3v) is 7.16. The molecule has 0 radical (unpaired) electrons. The number of fused-ring (bicyclic) bond motifs is 2. The molecule has 0 amide bonds. The standard InChI is InChI=1S/C28H24N2O4S/c1-28(2)13-20-26(21(31)14-28)25(17-6-4-3-5-7-17)19(15-29)27(30-20)35-16-22(32)18-8-9-23-24(12-18)34-11-10-33-23/h3-9,12H,10-11,13-14,16H2,1-2H3. The normalized spacial score (nSPS) is 15.7. The van der Waals surface area contributed by atoms with Gasteiger partial charge in [-0.2, -0.15) is 5.26 Å². The fourth-order valence-electron chi connectivity index (χ4n) is 4.61. The Labute approximate surface area is 208 Å². The fraction of sp³-hybridized carbons (Fsp3) is 0.286. The van der Waals surface area contributed by atoms with Crippen LogP contribution in [0.3, 0.4) is 0 Å². The molecule has 0 spiro atoms. The first-order valence-corrected chi connectivity index (χ1v) is 12.5. The molecular weight excluding hydrogens is 460 g/mol. The molecule has 0 bridgehead atoms. The number of thioether (sulfide) groups is 1. The molecule has 0 saturated heterocycles. The zero-order valence-electron chi connectivity index (χ0n) is 19.6. The Morgan fingerprint density at radius 1 is 1.06 bits per heavy atom. The van der Waals surface area contributed by atoms with Crippen molar-refractivity contribution in [1.29, 1.82) is 5.26 Å². The molecule has 176 valence electrons. The smallest absolute Gasteiger partial charge is 0.173 e. The second-order valence-electron chi connectivity index (χ2n) is 9.48. The van der Waals surface area contributed by atoms with E-state index < -0.39 is 0 Å². The van der Waals surface area contributed by atoms with Gasteiger partial charge < -0.3 is 9.47 Å². The van der Waals surface area contributed by atoms with Crippen LogP contribution in [-0.4, -0.2) is 35.5 Å². The predicted octanol–water partition coefficient (Wildman–Crippen LogP) is 5.52. The van der Waals surface area contributed by atoms with Crippen LogP contribution in [0.1, 0.15) is 52.2 Å². The number of hydrogen-bond acceptors (Lipinski definition) is 7. The second-order valence-corrected chi connectivity index (χ2v) is 10.4. The lowest BCUT2D eigenvalue weighted by Crippen LogP contribution is -2.29. The largest absolute Gasteiger partial charge is 0.486 e. The molecule has 0 unspecified atom stereocenters. The number of aromatic nitrogens is 1. The number of carbonyl (C=O) groups excluding carboxylic acids is 2. The van der Waals surface area contributed by atoms with Crippen molar-refractivity contribution in [3.05, 3.63) is 70.9 Å². The topological polar surface area (TPSA) is 89.3 Å². The molecule has 7 heteroatoms. The van der Waals surface area contributed by atoms with Crippen LogP contribution < -0.4 is 9.47 Å². The number of nitrogens with zero attached hydrogens (tertiary/aromatic N) is 2. The van der Waals surface area contributed by atoms with Gasteiger partial charge in [0.05, 0.1) is 17.0 Å². The number of Topliss-reactive ketones (excluding diaryl/α,β-unsaturated/α-hetero) is 2. The van der Waals surface area contributed by atoms with E-state index in [2.05, 4.69) is 6.07 Å². The van der Waals surface area contributed by atoms with Crippen molar-refractivity contribution in [2.75, 3.05) is 19.0 Å². The van der Waals surface area contributed by atoms with Crippen molar-refractivity contribution in [3.63, 3.8) is 0 Å². The molecule has 35 heavy (non-hydrogen) atoms. The van der Waals surface area contributed by atoms with E-state index in [4.69, 9.17) is 14.5 Å². The molecule has 1 aliphatic heterocycles. The van der Waals surface area contributed by atoms with Crippen LogP contribution in [0.5, 0.6) is 11.5 Å². The van der Waals surface area contributed by atoms with E-state index >= 15 is 0 Å². The molecule has 0 N–H and O–H groups in total. The Bertz CT molecular complexity index is 1380. The van der Waals surface area contributed by atoms with Gasteiger partial charge in [-0.15, -0.1) is 0 Å². The number of ketones is 2. The predicted molar refractivity (Wildman–Crippen MR) is 133 cm³/mol. The molecule has 0 fully saturated rings. The molecule has 2 aromatic carbocycles. The van der Waals surface area contributed by atoms with Crippen molar-refractivity contribution in [1.82, 2.24) is 4.98 Å². The van der Waals surface area contributed by atoms with Gasteiger partial charge in [-0.25, -0.2) is 4.98 Å². The fourth-order valence-corrected chi connectivity index (χ4v) is 5.51. The number of benzene rings is 2. The molecule has 0 saturated carbocycles. The van der Waals surface area contributed by atoms with Gasteiger partial charge in [-0.05, 0) is 35.6 Å². The first-order valence-electron chi connectivity index (χ1n) is 11.5. The average molecular weight is 485 g/mol. The van der Waals surface area contributed by atoms with Gasteiger partial charge in [0.2, 0.25) is 0 Å². The van der Waals surface area contributed by atoms with E-state index in [-0.39, 0.29) is 22.7 Å². The van der Waals surface area contributed by atoms with E-state index in [0.717, 1.165) is 5.56 Å². The van der Waals surface area contributed by atoms with Gasteiger partial charge in [-0.3, -0.25) is 9.59 Å². The number of carbonyl (C=O) groups is 2. The zero-order valence-corrected chi connectivity index (χ0v) is 20.4. The van der Waals surface area contributed by atoms with E-state index in [1.165, 1.54) is 11.8 Å². The Morgan fingerprint density at radius 3 is 2.54 bits per heavy atom. The van der Waals surface area contributed by atoms with Crippen molar-refractivity contribution in [2.24, 2.45) is 5.41 Å². The summed E-state index contributed by atoms with van der Waals surface area (Å²) in [5, 5.41) is 10.6. The molecule has 1 aromatic heterocycles. The number of rotatable bonds is 5. The van der Waals surface area contributed by atoms with Crippen molar-refractivity contribution < 1.29 is 19.1 Å². The molecule has 6 nitrogen and oxygen atoms in total. The highest BCUT2D eigenvalue weighted by atomic mass is 32.2. The van der Waals surface area contributed by atoms with Gasteiger partial charge >= 0.3 is 0 Å². The highest BCUT2D eigenvalue weighted by molar-refractivity contribution is 8.00. The van der Waals surface area contributed by atoms with Crippen LogP contribution in [0, 0.1) is 16.7 Å². The highest BCUT2D eigenvalue weighted by Crippen LogP contribution is 2.42. The minimum absolute atomic E-state index is 0.00278. The summed E-state index contributed by atoms with van der Waals surface area (Å²) in [6.07, 6.45) is 1.03. The summed E-state index contributed by atoms with van der Waals surface area (Å²) >= 11 is 1.23. The van der Waals surface area contributed by atoms with Crippen LogP contribution in [-0.2, 0) is 6.42 Å². The van der Waals surface area contributed by atoms with Gasteiger partial charge in [-0.1, -0.05) is 55.9 Å². The summed E-state index contributed by atoms with van der Waals surface area (Å²) in [4.78, 5) is 31.0. The summed E-state index contributed by atoms with van der Waals surface area (Å²) < 4.78 is 11.1. The maximum atomic E-state index is 13.2. The zero-order chi connectivity index (χ0) is 24.6. The Balaban J connectivity index is 1.52. The van der Waals surface area contributed by atoms with Gasteiger partial charge in [0.15, 0.2) is 23.1 Å². The molecule has 2 heterocycles. The maximum absolute atomic E-state index is 13.2. The number of nitriles is 1. The average Bonchev–Trinajstić information content (AvgIpc) is 2.85. The minimum Gasteiger partial charge on any atom is -0.486 e. The molecule has 1 aliphatic carbocycles. The Morgan fingerprint density at radius 2 is 1.80 bits per heavy atom. The van der Waals surface area contributed by atoms with Gasteiger partial charge in [0.25, 0.3) is 0 Å². The van der Waals surface area contributed by atoms with Gasteiger partial charge in [0, 0.05) is 23.1 Å². The van der Waals surface area contributed by atoms with Crippen molar-refractivity contribution in [3.8, 4) is 28.7 Å². The van der Waals surface area contributed by atoms with E-state index in [1.54, 1.807) is 18.2 Å². The third-order valence-electron chi connectivity index (χ3n) is 6.18. The summed E-state index contributed by atoms with van der Waals surface area (Å²) in [5.74, 6) is 1.19. The lowest BCUT2D eigenvalue weighted by atomic mass is 9.73. The SMILES string of the molecule is CC1(C)CC(=O)c2c(nc(SCC(=O)c3ccc4c(c3)OCCO4)c(C#N)c2-c2ccccc2)C1. The monoisotopic (exact) mass is 484 g/mol. The minimum atomic E-state index is -0.220. The molecular formula is C28H24N2O4S. The Hall–Kier alpha value is -3.63. The lowest BCUT2D eigenvalue weighted by molar-refractivity contribution is 0.0909. The van der Waals surface area contributed by atoms with Crippen LogP contribution >= 0.6 is 11.8 Å². The van der Waals surface area contributed by atoms with Crippen LogP contribution in [0.2, 0.25) is 0 Å². The van der Waals surface area contributed by atoms with Crippen molar-refractivity contribution in [2.45, 2.75) is 31.7 Å². The van der Waals surface area contributed by atoms with Crippen LogP contribution in [0.4, 0.5) is 0 Å². The van der Waals surface area contributed by atoms with Gasteiger partial charge in [0.1, 0.15) is 24.3 Å². The van der Waals surface area contributed by atoms with Crippen LogP contribution in [0.25, 0.3) is 11.1 Å². The molecule has 0 atom stereocenters. The van der Waals surface area contributed by atoms with Crippen molar-refractivity contribution >= 4 is 23.3 Å². The first-order chi connectivity index (χ1) is 16.9. The second kappa shape index (κ2) is 9.20. The summed E-state index contributed by atoms with van der Waals surface area (Å²) in [7, 11) is 0. The summed E-state index contributed by atoms with van der Waals surface area (Å²) in [6.45, 7) is 5.03.